The van der Waals surface area contributed by atoms with E-state index in [9.17, 15) is 0 Å². The predicted molar refractivity (Wildman–Crippen MR) is 184 cm³/mol. The summed E-state index contributed by atoms with van der Waals surface area (Å²) in [5, 5.41) is 2.69. The Hall–Kier alpha value is -4.46. The van der Waals surface area contributed by atoms with Crippen molar-refractivity contribution in [2.24, 2.45) is 0 Å². The van der Waals surface area contributed by atoms with Crippen molar-refractivity contribution >= 4 is 31.5 Å². The van der Waals surface area contributed by atoms with E-state index in [0.29, 0.717) is 0 Å². The lowest BCUT2D eigenvalue weighted by atomic mass is 9.70. The van der Waals surface area contributed by atoms with Gasteiger partial charge in [-0.25, -0.2) is 0 Å². The van der Waals surface area contributed by atoms with Crippen molar-refractivity contribution in [3.05, 3.63) is 156 Å². The molecule has 0 aliphatic heterocycles. The summed E-state index contributed by atoms with van der Waals surface area (Å²) in [7, 11) is 0. The molecule has 0 amide bonds. The highest BCUT2D eigenvalue weighted by molar-refractivity contribution is 7.25. The van der Waals surface area contributed by atoms with E-state index in [1.165, 1.54) is 75.8 Å². The molecule has 0 saturated heterocycles. The molecule has 1 aromatic heterocycles. The fourth-order valence-electron chi connectivity index (χ4n) is 7.18. The minimum atomic E-state index is -0.273. The monoisotopic (exact) mass is 558 g/mol. The zero-order chi connectivity index (χ0) is 28.8. The molecular formula is C41H34S. The van der Waals surface area contributed by atoms with Crippen LogP contribution in [0, 0.1) is 0 Å². The van der Waals surface area contributed by atoms with Gasteiger partial charge in [-0.2, -0.15) is 0 Å². The van der Waals surface area contributed by atoms with Gasteiger partial charge >= 0.3 is 0 Å². The van der Waals surface area contributed by atoms with E-state index in [1.807, 2.05) is 39.0 Å². The molecule has 204 valence electrons. The number of hydrogen-bond donors (Lipinski definition) is 0. The molecule has 2 aliphatic rings. The van der Waals surface area contributed by atoms with Crippen molar-refractivity contribution in [1.82, 2.24) is 0 Å². The standard InChI is InChI=1S/C37H22S.2C2H6/c1-5-13-31-25(9-1)26-10-2-6-14-32(26)37(31)33-15-7-3-11-27(33)29-21-23(17-19-34(29)37)24-18-20-36-30(22-24)28-12-4-8-16-35(28)38-36;2*1-2/h1-22H;2*1-2H3. The maximum absolute atomic E-state index is 2.43. The summed E-state index contributed by atoms with van der Waals surface area (Å²) in [4.78, 5) is 0. The van der Waals surface area contributed by atoms with Gasteiger partial charge in [-0.05, 0) is 79.9 Å². The molecule has 1 heterocycles. The second kappa shape index (κ2) is 10.4. The van der Waals surface area contributed by atoms with Gasteiger partial charge in [0.25, 0.3) is 0 Å². The quantitative estimate of drug-likeness (QED) is 0.188. The van der Waals surface area contributed by atoms with E-state index < -0.39 is 0 Å². The van der Waals surface area contributed by atoms with E-state index in [2.05, 4.69) is 133 Å². The van der Waals surface area contributed by atoms with Crippen LogP contribution in [-0.4, -0.2) is 0 Å². The van der Waals surface area contributed by atoms with Crippen molar-refractivity contribution in [3.8, 4) is 33.4 Å². The van der Waals surface area contributed by atoms with Gasteiger partial charge in [-0.3, -0.25) is 0 Å². The van der Waals surface area contributed by atoms with Gasteiger partial charge in [0.2, 0.25) is 0 Å². The molecule has 0 radical (unpaired) electrons. The molecule has 0 bridgehead atoms. The van der Waals surface area contributed by atoms with Crippen LogP contribution in [0.4, 0.5) is 0 Å². The molecule has 0 fully saturated rings. The van der Waals surface area contributed by atoms with Crippen LogP contribution >= 0.6 is 11.3 Å². The van der Waals surface area contributed by atoms with Gasteiger partial charge in [0.15, 0.2) is 0 Å². The summed E-state index contributed by atoms with van der Waals surface area (Å²) < 4.78 is 2.70. The summed E-state index contributed by atoms with van der Waals surface area (Å²) in [6.07, 6.45) is 0. The fraction of sp³-hybridized carbons (Fsp3) is 0.122. The molecule has 9 rings (SSSR count). The molecule has 0 N–H and O–H groups in total. The third-order valence-electron chi connectivity index (χ3n) is 8.71. The van der Waals surface area contributed by atoms with Crippen molar-refractivity contribution in [1.29, 1.82) is 0 Å². The zero-order valence-electron chi connectivity index (χ0n) is 24.6. The number of hydrogen-bond acceptors (Lipinski definition) is 1. The Labute approximate surface area is 252 Å². The third kappa shape index (κ3) is 3.53. The number of benzene rings is 6. The fourth-order valence-corrected chi connectivity index (χ4v) is 8.27. The van der Waals surface area contributed by atoms with E-state index in [-0.39, 0.29) is 5.41 Å². The van der Waals surface area contributed by atoms with Crippen LogP contribution in [0.15, 0.2) is 133 Å². The first-order chi connectivity index (χ1) is 20.8. The molecule has 1 heteroatoms. The summed E-state index contributed by atoms with van der Waals surface area (Å²) >= 11 is 1.88. The van der Waals surface area contributed by atoms with E-state index >= 15 is 0 Å². The molecule has 42 heavy (non-hydrogen) atoms. The number of fused-ring (bicyclic) bond motifs is 13. The summed E-state index contributed by atoms with van der Waals surface area (Å²) in [6, 6.07) is 49.9. The molecule has 0 nitrogen and oxygen atoms in total. The molecular weight excluding hydrogens is 525 g/mol. The molecule has 0 saturated carbocycles. The maximum Gasteiger partial charge on any atom is 0.0725 e. The SMILES string of the molecule is CC.CC.c1ccc2c(c1)-c1ccccc1C21c2ccccc2-c2cc(-c3ccc4sc5ccccc5c4c3)ccc21. The van der Waals surface area contributed by atoms with Crippen LogP contribution < -0.4 is 0 Å². The molecule has 2 aliphatic carbocycles. The second-order valence-corrected chi connectivity index (χ2v) is 11.5. The summed E-state index contributed by atoms with van der Waals surface area (Å²) in [5.74, 6) is 0. The topological polar surface area (TPSA) is 0 Å². The van der Waals surface area contributed by atoms with Crippen LogP contribution in [0.5, 0.6) is 0 Å². The normalized spacial score (nSPS) is 13.0. The van der Waals surface area contributed by atoms with Gasteiger partial charge in [0.05, 0.1) is 5.41 Å². The Bertz CT molecular complexity index is 2050. The average Bonchev–Trinajstić information content (AvgIpc) is 3.70. The van der Waals surface area contributed by atoms with Crippen molar-refractivity contribution < 1.29 is 0 Å². The lowest BCUT2D eigenvalue weighted by molar-refractivity contribution is 0.794. The Morgan fingerprint density at radius 2 is 0.833 bits per heavy atom. The largest absolute Gasteiger partial charge is 0.135 e. The highest BCUT2D eigenvalue weighted by Gasteiger charge is 2.51. The lowest BCUT2D eigenvalue weighted by Gasteiger charge is -2.30. The van der Waals surface area contributed by atoms with Gasteiger partial charge in [-0.15, -0.1) is 11.3 Å². The minimum Gasteiger partial charge on any atom is -0.135 e. The van der Waals surface area contributed by atoms with Gasteiger partial charge in [0, 0.05) is 20.2 Å². The molecule has 6 aromatic carbocycles. The van der Waals surface area contributed by atoms with Crippen molar-refractivity contribution in [2.45, 2.75) is 33.1 Å². The van der Waals surface area contributed by atoms with E-state index in [4.69, 9.17) is 0 Å². The van der Waals surface area contributed by atoms with Crippen LogP contribution in [-0.2, 0) is 5.41 Å². The van der Waals surface area contributed by atoms with Gasteiger partial charge < -0.3 is 0 Å². The number of thiophene rings is 1. The second-order valence-electron chi connectivity index (χ2n) is 10.5. The maximum atomic E-state index is 2.43. The predicted octanol–water partition coefficient (Wildman–Crippen LogP) is 12.1. The molecule has 0 atom stereocenters. The first-order valence-corrected chi connectivity index (χ1v) is 16.0. The van der Waals surface area contributed by atoms with Gasteiger partial charge in [-0.1, -0.05) is 137 Å². The van der Waals surface area contributed by atoms with Crippen molar-refractivity contribution in [2.75, 3.05) is 0 Å². The van der Waals surface area contributed by atoms with Crippen molar-refractivity contribution in [3.63, 3.8) is 0 Å². The Balaban J connectivity index is 0.000000693. The summed E-state index contributed by atoms with van der Waals surface area (Å²) in [6.45, 7) is 8.00. The summed E-state index contributed by atoms with van der Waals surface area (Å²) in [5.41, 5.74) is 13.2. The van der Waals surface area contributed by atoms with Crippen LogP contribution in [0.2, 0.25) is 0 Å². The molecule has 7 aromatic rings. The highest BCUT2D eigenvalue weighted by atomic mass is 32.1. The first-order valence-electron chi connectivity index (χ1n) is 15.2. The Morgan fingerprint density at radius 1 is 0.381 bits per heavy atom. The first kappa shape index (κ1) is 26.4. The van der Waals surface area contributed by atoms with E-state index in [0.717, 1.165) is 0 Å². The Kier molecular flexibility index (Phi) is 6.56. The Morgan fingerprint density at radius 3 is 1.48 bits per heavy atom. The average molecular weight is 559 g/mol. The minimum absolute atomic E-state index is 0.273. The lowest BCUT2D eigenvalue weighted by Crippen LogP contribution is -2.25. The van der Waals surface area contributed by atoms with E-state index in [1.54, 1.807) is 0 Å². The van der Waals surface area contributed by atoms with Crippen LogP contribution in [0.3, 0.4) is 0 Å². The number of rotatable bonds is 1. The molecule has 1 spiro atoms. The van der Waals surface area contributed by atoms with Crippen LogP contribution in [0.25, 0.3) is 53.6 Å². The van der Waals surface area contributed by atoms with Gasteiger partial charge in [0.1, 0.15) is 0 Å². The smallest absolute Gasteiger partial charge is 0.0725 e. The zero-order valence-corrected chi connectivity index (χ0v) is 25.4. The van der Waals surface area contributed by atoms with Crippen LogP contribution in [0.1, 0.15) is 49.9 Å². The third-order valence-corrected chi connectivity index (χ3v) is 9.86. The highest BCUT2D eigenvalue weighted by Crippen LogP contribution is 2.62. The molecule has 0 unspecified atom stereocenters.